The number of pyridine rings is 1. The quantitative estimate of drug-likeness (QED) is 0.595. The van der Waals surface area contributed by atoms with Crippen LogP contribution in [0.2, 0.25) is 0 Å². The van der Waals surface area contributed by atoms with Crippen LogP contribution in [-0.2, 0) is 38.0 Å². The van der Waals surface area contributed by atoms with E-state index < -0.39 is 17.6 Å². The fourth-order valence-electron chi connectivity index (χ4n) is 4.18. The second-order valence-electron chi connectivity index (χ2n) is 8.86. The molecule has 1 amide bonds. The first-order valence-electron chi connectivity index (χ1n) is 10.5. The second kappa shape index (κ2) is 7.15. The Balaban J connectivity index is 1.50. The van der Waals surface area contributed by atoms with Crippen molar-refractivity contribution in [3.05, 3.63) is 70.4 Å². The molecule has 3 heterocycles. The Hall–Kier alpha value is -3.23. The summed E-state index contributed by atoms with van der Waals surface area (Å²) < 4.78 is 42.4. The van der Waals surface area contributed by atoms with Crippen LogP contribution in [0.3, 0.4) is 0 Å². The zero-order valence-electron chi connectivity index (χ0n) is 17.8. The van der Waals surface area contributed by atoms with Crippen molar-refractivity contribution in [3.63, 3.8) is 0 Å². The molecule has 2 aliphatic rings. The van der Waals surface area contributed by atoms with Crippen molar-refractivity contribution < 1.29 is 18.0 Å². The van der Waals surface area contributed by atoms with Crippen molar-refractivity contribution in [1.29, 1.82) is 0 Å². The van der Waals surface area contributed by atoms with Gasteiger partial charge in [-0.1, -0.05) is 13.0 Å². The summed E-state index contributed by atoms with van der Waals surface area (Å²) in [6, 6.07) is 7.61. The Morgan fingerprint density at radius 3 is 2.59 bits per heavy atom. The lowest BCUT2D eigenvalue weighted by molar-refractivity contribution is -0.138. The number of carbonyl (C=O) groups excluding carboxylic acids is 1. The van der Waals surface area contributed by atoms with Gasteiger partial charge in [0.05, 0.1) is 12.1 Å². The Morgan fingerprint density at radius 2 is 1.94 bits per heavy atom. The van der Waals surface area contributed by atoms with E-state index in [0.717, 1.165) is 36.0 Å². The number of halogens is 3. The van der Waals surface area contributed by atoms with E-state index in [4.69, 9.17) is 4.98 Å². The average molecular weight is 441 g/mol. The predicted molar refractivity (Wildman–Crippen MR) is 111 cm³/mol. The molecule has 0 N–H and O–H groups in total. The van der Waals surface area contributed by atoms with Crippen molar-refractivity contribution in [1.82, 2.24) is 19.7 Å². The van der Waals surface area contributed by atoms with E-state index in [-0.39, 0.29) is 23.1 Å². The lowest BCUT2D eigenvalue weighted by Crippen LogP contribution is -2.25. The second-order valence-corrected chi connectivity index (χ2v) is 8.86. The topological polar surface area (TPSA) is 63.9 Å². The van der Waals surface area contributed by atoms with Crippen molar-refractivity contribution in [3.8, 4) is 0 Å². The third kappa shape index (κ3) is 3.55. The number of hydrogen-bond acceptors (Lipinski definition) is 4. The number of aromatic nitrogens is 4. The first-order chi connectivity index (χ1) is 15.2. The zero-order chi connectivity index (χ0) is 22.7. The third-order valence-corrected chi connectivity index (χ3v) is 6.48. The highest BCUT2D eigenvalue weighted by Crippen LogP contribution is 2.48. The number of amides is 1. The summed E-state index contributed by atoms with van der Waals surface area (Å²) in [7, 11) is 1.88. The Morgan fingerprint density at radius 1 is 1.16 bits per heavy atom. The van der Waals surface area contributed by atoms with Crippen LogP contribution >= 0.6 is 0 Å². The molecule has 5 rings (SSSR count). The van der Waals surface area contributed by atoms with Gasteiger partial charge in [0.25, 0.3) is 5.91 Å². The molecule has 0 bridgehead atoms. The molecule has 0 spiro atoms. The molecule has 1 aromatic carbocycles. The summed E-state index contributed by atoms with van der Waals surface area (Å²) in [5.74, 6) is 0.788. The van der Waals surface area contributed by atoms with Gasteiger partial charge >= 0.3 is 6.18 Å². The smallest absolute Gasteiger partial charge is 0.321 e. The molecule has 1 fully saturated rings. The summed E-state index contributed by atoms with van der Waals surface area (Å²) in [4.78, 5) is 19.1. The Bertz CT molecular complexity index is 1210. The third-order valence-electron chi connectivity index (χ3n) is 6.48. The van der Waals surface area contributed by atoms with Crippen LogP contribution in [0.25, 0.3) is 0 Å². The maximum atomic E-state index is 13.5. The maximum Gasteiger partial charge on any atom is 0.416 e. The largest absolute Gasteiger partial charge is 0.416 e. The van der Waals surface area contributed by atoms with Crippen LogP contribution in [0, 0.1) is 0 Å². The van der Waals surface area contributed by atoms with Gasteiger partial charge in [-0.05, 0) is 54.7 Å². The van der Waals surface area contributed by atoms with Gasteiger partial charge in [-0.25, -0.2) is 4.98 Å². The SMILES string of the molecule is Cn1cnnc1CCc1cc(N2Cc3c(cccc3C(F)(F)F)C2=O)nc(C2(C)CC2)c1. The van der Waals surface area contributed by atoms with Gasteiger partial charge in [0.1, 0.15) is 18.0 Å². The molecule has 0 unspecified atom stereocenters. The van der Waals surface area contributed by atoms with E-state index in [2.05, 4.69) is 17.1 Å². The minimum absolute atomic E-state index is 0.00970. The summed E-state index contributed by atoms with van der Waals surface area (Å²) in [6.45, 7) is 1.98. The molecule has 1 saturated carbocycles. The Labute approximate surface area is 183 Å². The van der Waals surface area contributed by atoms with Crippen LogP contribution in [0.1, 0.15) is 58.3 Å². The molecule has 2 aromatic heterocycles. The van der Waals surface area contributed by atoms with E-state index in [9.17, 15) is 18.0 Å². The van der Waals surface area contributed by atoms with Crippen molar-refractivity contribution in [2.45, 2.75) is 50.7 Å². The van der Waals surface area contributed by atoms with Crippen molar-refractivity contribution in [2.75, 3.05) is 4.90 Å². The molecular weight excluding hydrogens is 419 g/mol. The molecule has 0 saturated heterocycles. The molecule has 166 valence electrons. The fourth-order valence-corrected chi connectivity index (χ4v) is 4.18. The van der Waals surface area contributed by atoms with Crippen molar-refractivity contribution >= 4 is 11.7 Å². The molecule has 0 atom stereocenters. The monoisotopic (exact) mass is 441 g/mol. The van der Waals surface area contributed by atoms with Gasteiger partial charge in [-0.3, -0.25) is 9.69 Å². The number of fused-ring (bicyclic) bond motifs is 1. The van der Waals surface area contributed by atoms with Gasteiger partial charge < -0.3 is 4.57 Å². The number of hydrogen-bond donors (Lipinski definition) is 0. The first kappa shape index (κ1) is 20.7. The van der Waals surface area contributed by atoms with Crippen molar-refractivity contribution in [2.24, 2.45) is 7.05 Å². The molecule has 3 aromatic rings. The number of nitrogens with zero attached hydrogens (tertiary/aromatic N) is 5. The molecule has 9 heteroatoms. The first-order valence-corrected chi connectivity index (χ1v) is 10.5. The average Bonchev–Trinajstić information content (AvgIpc) is 3.23. The van der Waals surface area contributed by atoms with Gasteiger partial charge in [-0.15, -0.1) is 10.2 Å². The van der Waals surface area contributed by atoms with Gasteiger partial charge in [0, 0.05) is 30.1 Å². The molecule has 32 heavy (non-hydrogen) atoms. The van der Waals surface area contributed by atoms with Crippen LogP contribution in [0.4, 0.5) is 19.0 Å². The van der Waals surface area contributed by atoms with E-state index in [1.807, 2.05) is 23.7 Å². The fraction of sp³-hybridized carbons (Fsp3) is 0.391. The normalized spacial score (nSPS) is 17.0. The summed E-state index contributed by atoms with van der Waals surface area (Å²) in [5, 5.41) is 8.01. The van der Waals surface area contributed by atoms with Gasteiger partial charge in [0.15, 0.2) is 0 Å². The lowest BCUT2D eigenvalue weighted by atomic mass is 10.0. The van der Waals surface area contributed by atoms with E-state index >= 15 is 0 Å². The van der Waals surface area contributed by atoms with E-state index in [1.54, 1.807) is 6.33 Å². The van der Waals surface area contributed by atoms with Crippen LogP contribution in [0.5, 0.6) is 0 Å². The van der Waals surface area contributed by atoms with Crippen LogP contribution in [-0.4, -0.2) is 25.7 Å². The number of aryl methyl sites for hydroxylation is 3. The minimum atomic E-state index is -4.51. The highest BCUT2D eigenvalue weighted by atomic mass is 19.4. The molecular formula is C23H22F3N5O. The molecule has 1 aliphatic carbocycles. The number of carbonyl (C=O) groups is 1. The zero-order valence-corrected chi connectivity index (χ0v) is 17.8. The Kier molecular flexibility index (Phi) is 4.61. The van der Waals surface area contributed by atoms with Gasteiger partial charge in [0.2, 0.25) is 0 Å². The highest BCUT2D eigenvalue weighted by molar-refractivity contribution is 6.09. The predicted octanol–water partition coefficient (Wildman–Crippen LogP) is 4.23. The van der Waals surface area contributed by atoms with Crippen LogP contribution < -0.4 is 4.90 Å². The number of anilines is 1. The van der Waals surface area contributed by atoms with E-state index in [0.29, 0.717) is 18.7 Å². The number of alkyl halides is 3. The summed E-state index contributed by atoms with van der Waals surface area (Å²) in [5.41, 5.74) is 1.13. The van der Waals surface area contributed by atoms with Crippen LogP contribution in [0.15, 0.2) is 36.7 Å². The molecule has 6 nitrogen and oxygen atoms in total. The maximum absolute atomic E-state index is 13.5. The number of rotatable bonds is 5. The number of benzene rings is 1. The minimum Gasteiger partial charge on any atom is -0.321 e. The lowest BCUT2D eigenvalue weighted by Gasteiger charge is -2.19. The summed E-state index contributed by atoms with van der Waals surface area (Å²) >= 11 is 0. The van der Waals surface area contributed by atoms with E-state index in [1.165, 1.54) is 17.0 Å². The standard InChI is InChI=1S/C23H22F3N5O/c1-22(8-9-22)18-10-14(6-7-19-29-27-13-30(19)2)11-20(28-18)31-12-16-15(21(31)32)4-3-5-17(16)23(24,25)26/h3-5,10-11,13H,6-9,12H2,1-2H3. The summed E-state index contributed by atoms with van der Waals surface area (Å²) in [6.07, 6.45) is 0.440. The molecule has 0 radical (unpaired) electrons. The van der Waals surface area contributed by atoms with Gasteiger partial charge in [-0.2, -0.15) is 13.2 Å². The highest BCUT2D eigenvalue weighted by Gasteiger charge is 2.43. The molecule has 1 aliphatic heterocycles.